The van der Waals surface area contributed by atoms with Gasteiger partial charge in [0.25, 0.3) is 16.0 Å². The molecule has 8 heteroatoms. The first-order valence-corrected chi connectivity index (χ1v) is 6.96. The molecule has 6 nitrogen and oxygen atoms in total. The molecule has 0 aliphatic rings. The molecule has 0 fully saturated rings. The van der Waals surface area contributed by atoms with Gasteiger partial charge in [0.15, 0.2) is 0 Å². The van der Waals surface area contributed by atoms with Crippen molar-refractivity contribution in [3.8, 4) is 0 Å². The summed E-state index contributed by atoms with van der Waals surface area (Å²) in [6.07, 6.45) is 0. The van der Waals surface area contributed by atoms with Crippen molar-refractivity contribution in [3.05, 3.63) is 34.9 Å². The highest BCUT2D eigenvalue weighted by Gasteiger charge is 2.21. The summed E-state index contributed by atoms with van der Waals surface area (Å²) in [7, 11) is -3.84. The molecule has 1 aromatic heterocycles. The number of H-pyrrole nitrogens is 1. The van der Waals surface area contributed by atoms with Crippen molar-refractivity contribution in [1.82, 2.24) is 15.2 Å². The number of halogens is 1. The molecule has 0 atom stereocenters. The molecule has 2 rings (SSSR count). The molecular formula is C11H13FN4O2S. The number of hydrogen-bond donors (Lipinski definition) is 2. The van der Waals surface area contributed by atoms with Crippen molar-refractivity contribution in [1.29, 1.82) is 0 Å². The predicted molar refractivity (Wildman–Crippen MR) is 67.8 cm³/mol. The Labute approximate surface area is 110 Å². The fourth-order valence-electron chi connectivity index (χ4n) is 1.88. The molecule has 0 bridgehead atoms. The second-order valence-corrected chi connectivity index (χ2v) is 5.84. The summed E-state index contributed by atoms with van der Waals surface area (Å²) in [6.45, 7) is 4.72. The molecule has 102 valence electrons. The summed E-state index contributed by atoms with van der Waals surface area (Å²) < 4.78 is 39.9. The van der Waals surface area contributed by atoms with E-state index in [0.29, 0.717) is 17.0 Å². The van der Waals surface area contributed by atoms with Crippen molar-refractivity contribution in [3.63, 3.8) is 0 Å². The summed E-state index contributed by atoms with van der Waals surface area (Å²) in [5, 5.41) is 6.24. The Balaban J connectivity index is 2.45. The Morgan fingerprint density at radius 3 is 2.26 bits per heavy atom. The normalized spacial score (nSPS) is 11.6. The van der Waals surface area contributed by atoms with Crippen LogP contribution in [0.2, 0.25) is 0 Å². The number of aryl methyl sites for hydroxylation is 3. The smallest absolute Gasteiger partial charge is 0.261 e. The van der Waals surface area contributed by atoms with Gasteiger partial charge in [-0.25, -0.2) is 17.5 Å². The molecule has 19 heavy (non-hydrogen) atoms. The van der Waals surface area contributed by atoms with Gasteiger partial charge in [0.05, 0.1) is 4.90 Å². The number of aromatic nitrogens is 3. The number of anilines is 1. The summed E-state index contributed by atoms with van der Waals surface area (Å²) in [6, 6.07) is 2.34. The Morgan fingerprint density at radius 1 is 1.21 bits per heavy atom. The summed E-state index contributed by atoms with van der Waals surface area (Å²) in [5.41, 5.74) is 0.662. The number of sulfonamides is 1. The third-order valence-electron chi connectivity index (χ3n) is 2.52. The quantitative estimate of drug-likeness (QED) is 0.897. The fraction of sp³-hybridized carbons (Fsp3) is 0.273. The van der Waals surface area contributed by atoms with E-state index in [1.807, 2.05) is 0 Å². The maximum absolute atomic E-state index is 13.2. The van der Waals surface area contributed by atoms with E-state index in [1.165, 1.54) is 26.0 Å². The summed E-state index contributed by atoms with van der Waals surface area (Å²) in [4.78, 5) is 3.91. The second-order valence-electron chi connectivity index (χ2n) is 4.22. The van der Waals surface area contributed by atoms with Crippen LogP contribution in [-0.2, 0) is 10.0 Å². The minimum absolute atomic E-state index is 0.0383. The molecule has 0 saturated carbocycles. The van der Waals surface area contributed by atoms with Gasteiger partial charge in [-0.05, 0) is 44.0 Å². The lowest BCUT2D eigenvalue weighted by molar-refractivity contribution is 0.597. The van der Waals surface area contributed by atoms with Crippen LogP contribution in [0.5, 0.6) is 0 Å². The van der Waals surface area contributed by atoms with Gasteiger partial charge < -0.3 is 0 Å². The molecule has 2 N–H and O–H groups in total. The lowest BCUT2D eigenvalue weighted by atomic mass is 10.1. The van der Waals surface area contributed by atoms with Crippen LogP contribution in [0.25, 0.3) is 0 Å². The Hall–Kier alpha value is -1.96. The van der Waals surface area contributed by atoms with Gasteiger partial charge in [-0.15, -0.1) is 5.10 Å². The average molecular weight is 284 g/mol. The molecule has 0 spiro atoms. The number of aromatic amines is 1. The third-order valence-corrected chi connectivity index (χ3v) is 4.15. The van der Waals surface area contributed by atoms with E-state index in [9.17, 15) is 12.8 Å². The minimum Gasteiger partial charge on any atom is -0.261 e. The molecule has 1 aromatic carbocycles. The Bertz CT molecular complexity index is 701. The van der Waals surface area contributed by atoms with Crippen molar-refractivity contribution >= 4 is 16.0 Å². The second kappa shape index (κ2) is 4.61. The van der Waals surface area contributed by atoms with Crippen LogP contribution in [-0.4, -0.2) is 23.6 Å². The van der Waals surface area contributed by atoms with Crippen LogP contribution in [0, 0.1) is 26.6 Å². The highest BCUT2D eigenvalue weighted by atomic mass is 32.2. The highest BCUT2D eigenvalue weighted by molar-refractivity contribution is 7.92. The van der Waals surface area contributed by atoms with Gasteiger partial charge in [0.1, 0.15) is 11.6 Å². The van der Waals surface area contributed by atoms with Gasteiger partial charge in [-0.1, -0.05) is 0 Å². The van der Waals surface area contributed by atoms with Crippen LogP contribution < -0.4 is 4.72 Å². The number of nitrogens with zero attached hydrogens (tertiary/aromatic N) is 2. The van der Waals surface area contributed by atoms with E-state index in [4.69, 9.17) is 0 Å². The highest BCUT2D eigenvalue weighted by Crippen LogP contribution is 2.22. The Kier molecular flexibility index (Phi) is 3.27. The van der Waals surface area contributed by atoms with Gasteiger partial charge in [-0.3, -0.25) is 5.10 Å². The van der Waals surface area contributed by atoms with Crippen molar-refractivity contribution in [2.75, 3.05) is 4.72 Å². The zero-order valence-corrected chi connectivity index (χ0v) is 11.5. The molecule has 0 aliphatic heterocycles. The zero-order valence-electron chi connectivity index (χ0n) is 10.7. The maximum atomic E-state index is 13.2. The SMILES string of the molecule is Cc1nc(NS(=O)(=O)c2c(C)cc(F)cc2C)n[nH]1. The Morgan fingerprint density at radius 2 is 1.79 bits per heavy atom. The number of benzene rings is 1. The van der Waals surface area contributed by atoms with Crippen molar-refractivity contribution < 1.29 is 12.8 Å². The number of nitrogens with one attached hydrogen (secondary N) is 2. The average Bonchev–Trinajstić information content (AvgIpc) is 2.60. The number of hydrogen-bond acceptors (Lipinski definition) is 4. The van der Waals surface area contributed by atoms with Crippen LogP contribution in [0.3, 0.4) is 0 Å². The molecule has 0 aliphatic carbocycles. The standard InChI is InChI=1S/C11H13FN4O2S/c1-6-4-9(12)5-7(2)10(6)19(17,18)16-11-13-8(3)14-15-11/h4-5H,1-3H3,(H2,13,14,15,16). The topological polar surface area (TPSA) is 87.7 Å². The largest absolute Gasteiger partial charge is 0.264 e. The lowest BCUT2D eigenvalue weighted by Crippen LogP contribution is -2.16. The first-order valence-electron chi connectivity index (χ1n) is 5.48. The van der Waals surface area contributed by atoms with Crippen LogP contribution in [0.4, 0.5) is 10.3 Å². The first-order chi connectivity index (χ1) is 8.79. The fourth-order valence-corrected chi connectivity index (χ4v) is 3.28. The van der Waals surface area contributed by atoms with Crippen molar-refractivity contribution in [2.45, 2.75) is 25.7 Å². The first kappa shape index (κ1) is 13.5. The van der Waals surface area contributed by atoms with Gasteiger partial charge >= 0.3 is 0 Å². The third kappa shape index (κ3) is 2.73. The molecule has 0 radical (unpaired) electrons. The van der Waals surface area contributed by atoms with E-state index in [-0.39, 0.29) is 10.8 Å². The summed E-state index contributed by atoms with van der Waals surface area (Å²) in [5.74, 6) is -0.0198. The van der Waals surface area contributed by atoms with E-state index in [0.717, 1.165) is 0 Å². The molecule has 0 amide bonds. The summed E-state index contributed by atoms with van der Waals surface area (Å²) >= 11 is 0. The van der Waals surface area contributed by atoms with Crippen LogP contribution >= 0.6 is 0 Å². The van der Waals surface area contributed by atoms with Crippen LogP contribution in [0.15, 0.2) is 17.0 Å². The van der Waals surface area contributed by atoms with E-state index < -0.39 is 15.8 Å². The van der Waals surface area contributed by atoms with E-state index >= 15 is 0 Å². The molecule has 0 unspecified atom stereocenters. The van der Waals surface area contributed by atoms with E-state index in [1.54, 1.807) is 6.92 Å². The van der Waals surface area contributed by atoms with E-state index in [2.05, 4.69) is 19.9 Å². The lowest BCUT2D eigenvalue weighted by Gasteiger charge is -2.11. The molecule has 0 saturated heterocycles. The molecule has 1 heterocycles. The van der Waals surface area contributed by atoms with Gasteiger partial charge in [0.2, 0.25) is 0 Å². The molecular weight excluding hydrogens is 271 g/mol. The predicted octanol–water partition coefficient (Wildman–Crippen LogP) is 1.67. The minimum atomic E-state index is -3.84. The zero-order chi connectivity index (χ0) is 14.2. The maximum Gasteiger partial charge on any atom is 0.264 e. The number of rotatable bonds is 3. The van der Waals surface area contributed by atoms with Crippen molar-refractivity contribution in [2.24, 2.45) is 0 Å². The van der Waals surface area contributed by atoms with Gasteiger partial charge in [0, 0.05) is 0 Å². The van der Waals surface area contributed by atoms with Crippen LogP contribution in [0.1, 0.15) is 17.0 Å². The monoisotopic (exact) mass is 284 g/mol. The van der Waals surface area contributed by atoms with Gasteiger partial charge in [-0.2, -0.15) is 4.98 Å². The molecule has 2 aromatic rings.